The number of nitrogens with zero attached hydrogens (tertiary/aromatic N) is 1. The van der Waals surface area contributed by atoms with Crippen LogP contribution in [0.4, 0.5) is 0 Å². The van der Waals surface area contributed by atoms with E-state index in [0.29, 0.717) is 0 Å². The van der Waals surface area contributed by atoms with Crippen molar-refractivity contribution in [2.45, 2.75) is 19.9 Å². The Bertz CT molecular complexity index is 622. The number of carbonyl (C=O) groups is 1. The summed E-state index contributed by atoms with van der Waals surface area (Å²) in [5, 5.41) is 9.11. The quantitative estimate of drug-likeness (QED) is 0.914. The van der Waals surface area contributed by atoms with Crippen molar-refractivity contribution >= 4 is 5.97 Å². The average molecular weight is 283 g/mol. The van der Waals surface area contributed by atoms with E-state index in [1.165, 1.54) is 11.1 Å². The normalized spacial score (nSPS) is 12.4. The predicted octanol–water partition coefficient (Wildman–Crippen LogP) is 3.41. The molecule has 2 rings (SSSR count). The Morgan fingerprint density at radius 2 is 1.81 bits per heavy atom. The monoisotopic (exact) mass is 283 g/mol. The van der Waals surface area contributed by atoms with Crippen LogP contribution in [0, 0.1) is 13.8 Å². The maximum absolute atomic E-state index is 11.1. The van der Waals surface area contributed by atoms with E-state index in [-0.39, 0.29) is 12.6 Å². The number of hydrogen-bond donors (Lipinski definition) is 1. The fourth-order valence-electron chi connectivity index (χ4n) is 2.67. The largest absolute Gasteiger partial charge is 0.480 e. The van der Waals surface area contributed by atoms with Gasteiger partial charge < -0.3 is 5.11 Å². The summed E-state index contributed by atoms with van der Waals surface area (Å²) in [5.74, 6) is -0.816. The molecule has 1 N–H and O–H groups in total. The lowest BCUT2D eigenvalue weighted by molar-refractivity contribution is -0.138. The Balaban J connectivity index is 2.50. The van der Waals surface area contributed by atoms with Crippen molar-refractivity contribution in [3.63, 3.8) is 0 Å². The lowest BCUT2D eigenvalue weighted by Gasteiger charge is -2.29. The third-order valence-electron chi connectivity index (χ3n) is 3.67. The van der Waals surface area contributed by atoms with Crippen molar-refractivity contribution in [2.24, 2.45) is 0 Å². The molecule has 2 aromatic carbocycles. The Morgan fingerprint density at radius 3 is 2.43 bits per heavy atom. The van der Waals surface area contributed by atoms with Crippen LogP contribution in [0.2, 0.25) is 0 Å². The number of carboxylic acids is 1. The summed E-state index contributed by atoms with van der Waals surface area (Å²) in [7, 11) is 1.85. The lowest BCUT2D eigenvalue weighted by Crippen LogP contribution is -2.31. The van der Waals surface area contributed by atoms with Crippen molar-refractivity contribution in [1.29, 1.82) is 0 Å². The molecule has 0 fully saturated rings. The van der Waals surface area contributed by atoms with Gasteiger partial charge in [0, 0.05) is 0 Å². The second-order valence-corrected chi connectivity index (χ2v) is 5.48. The number of aryl methyl sites for hydroxylation is 2. The molecule has 1 unspecified atom stereocenters. The average Bonchev–Trinajstić information content (AvgIpc) is 2.43. The Labute approximate surface area is 125 Å². The first-order chi connectivity index (χ1) is 9.99. The SMILES string of the molecule is Cc1ccc(C)c(C(c2ccccc2)N(C)CC(=O)O)c1. The molecule has 0 radical (unpaired) electrons. The van der Waals surface area contributed by atoms with E-state index in [2.05, 4.69) is 32.0 Å². The van der Waals surface area contributed by atoms with E-state index in [1.54, 1.807) is 0 Å². The molecule has 21 heavy (non-hydrogen) atoms. The molecule has 0 heterocycles. The van der Waals surface area contributed by atoms with E-state index in [9.17, 15) is 4.79 Å². The maximum Gasteiger partial charge on any atom is 0.317 e. The molecule has 0 saturated heterocycles. The minimum atomic E-state index is -0.816. The van der Waals surface area contributed by atoms with E-state index in [4.69, 9.17) is 5.11 Å². The fraction of sp³-hybridized carbons (Fsp3) is 0.278. The van der Waals surface area contributed by atoms with Gasteiger partial charge in [0.25, 0.3) is 0 Å². The van der Waals surface area contributed by atoms with Crippen LogP contribution in [-0.2, 0) is 4.79 Å². The Kier molecular flexibility index (Phi) is 4.76. The summed E-state index contributed by atoms with van der Waals surface area (Å²) >= 11 is 0. The van der Waals surface area contributed by atoms with Gasteiger partial charge in [-0.05, 0) is 37.6 Å². The van der Waals surface area contributed by atoms with Crippen LogP contribution in [0.3, 0.4) is 0 Å². The van der Waals surface area contributed by atoms with Crippen molar-refractivity contribution in [2.75, 3.05) is 13.6 Å². The molecule has 3 heteroatoms. The zero-order valence-electron chi connectivity index (χ0n) is 12.7. The van der Waals surface area contributed by atoms with Crippen LogP contribution in [-0.4, -0.2) is 29.6 Å². The van der Waals surface area contributed by atoms with Crippen LogP contribution < -0.4 is 0 Å². The molecular weight excluding hydrogens is 262 g/mol. The summed E-state index contributed by atoms with van der Waals surface area (Å²) in [6.45, 7) is 4.13. The van der Waals surface area contributed by atoms with Crippen LogP contribution >= 0.6 is 0 Å². The second kappa shape index (κ2) is 6.55. The van der Waals surface area contributed by atoms with Crippen LogP contribution in [0.5, 0.6) is 0 Å². The number of aliphatic carboxylic acids is 1. The van der Waals surface area contributed by atoms with Crippen molar-refractivity contribution in [3.8, 4) is 0 Å². The molecule has 0 aromatic heterocycles. The molecule has 3 nitrogen and oxygen atoms in total. The standard InChI is InChI=1S/C18H21NO2/c1-13-9-10-14(2)16(11-13)18(19(3)12-17(20)21)15-7-5-4-6-8-15/h4-11,18H,12H2,1-3H3,(H,20,21). The van der Waals surface area contributed by atoms with Gasteiger partial charge in [0.05, 0.1) is 12.6 Å². The van der Waals surface area contributed by atoms with Crippen molar-refractivity contribution < 1.29 is 9.90 Å². The van der Waals surface area contributed by atoms with Gasteiger partial charge in [0.1, 0.15) is 0 Å². The van der Waals surface area contributed by atoms with Gasteiger partial charge in [-0.2, -0.15) is 0 Å². The van der Waals surface area contributed by atoms with Gasteiger partial charge in [0.2, 0.25) is 0 Å². The minimum Gasteiger partial charge on any atom is -0.480 e. The minimum absolute atomic E-state index is 0.00689. The summed E-state index contributed by atoms with van der Waals surface area (Å²) < 4.78 is 0. The van der Waals surface area contributed by atoms with Gasteiger partial charge >= 0.3 is 5.97 Å². The highest BCUT2D eigenvalue weighted by Crippen LogP contribution is 2.30. The highest BCUT2D eigenvalue weighted by Gasteiger charge is 2.22. The fourth-order valence-corrected chi connectivity index (χ4v) is 2.67. The van der Waals surface area contributed by atoms with Crippen LogP contribution in [0.1, 0.15) is 28.3 Å². The first-order valence-electron chi connectivity index (χ1n) is 7.03. The lowest BCUT2D eigenvalue weighted by atomic mass is 9.92. The van der Waals surface area contributed by atoms with Crippen LogP contribution in [0.15, 0.2) is 48.5 Å². The molecule has 0 saturated carbocycles. The third-order valence-corrected chi connectivity index (χ3v) is 3.67. The van der Waals surface area contributed by atoms with Crippen LogP contribution in [0.25, 0.3) is 0 Å². The zero-order valence-corrected chi connectivity index (χ0v) is 12.7. The first kappa shape index (κ1) is 15.3. The van der Waals surface area contributed by atoms with E-state index in [0.717, 1.165) is 11.1 Å². The van der Waals surface area contributed by atoms with Gasteiger partial charge in [-0.15, -0.1) is 0 Å². The topological polar surface area (TPSA) is 40.5 Å². The van der Waals surface area contributed by atoms with E-state index >= 15 is 0 Å². The molecule has 0 aliphatic carbocycles. The van der Waals surface area contributed by atoms with E-state index < -0.39 is 5.97 Å². The number of rotatable bonds is 5. The number of hydrogen-bond acceptors (Lipinski definition) is 2. The molecule has 110 valence electrons. The highest BCUT2D eigenvalue weighted by molar-refractivity contribution is 5.69. The second-order valence-electron chi connectivity index (χ2n) is 5.48. The molecule has 0 bridgehead atoms. The summed E-state index contributed by atoms with van der Waals surface area (Å²) in [6.07, 6.45) is 0. The Hall–Kier alpha value is -2.13. The first-order valence-corrected chi connectivity index (χ1v) is 7.03. The number of carboxylic acid groups (broad SMARTS) is 1. The summed E-state index contributed by atoms with van der Waals surface area (Å²) in [6, 6.07) is 16.3. The number of benzene rings is 2. The number of likely N-dealkylation sites (N-methyl/N-ethyl adjacent to an activating group) is 1. The summed E-state index contributed by atoms with van der Waals surface area (Å²) in [5.41, 5.74) is 4.62. The van der Waals surface area contributed by atoms with Gasteiger partial charge in [0.15, 0.2) is 0 Å². The maximum atomic E-state index is 11.1. The van der Waals surface area contributed by atoms with Gasteiger partial charge in [-0.25, -0.2) is 0 Å². The van der Waals surface area contributed by atoms with E-state index in [1.807, 2.05) is 42.3 Å². The Morgan fingerprint density at radius 1 is 1.14 bits per heavy atom. The summed E-state index contributed by atoms with van der Waals surface area (Å²) in [4.78, 5) is 13.0. The molecule has 0 aliphatic heterocycles. The van der Waals surface area contributed by atoms with Crippen molar-refractivity contribution in [1.82, 2.24) is 4.90 Å². The van der Waals surface area contributed by atoms with Crippen molar-refractivity contribution in [3.05, 3.63) is 70.8 Å². The van der Waals surface area contributed by atoms with Gasteiger partial charge in [-0.3, -0.25) is 9.69 Å². The zero-order chi connectivity index (χ0) is 15.4. The van der Waals surface area contributed by atoms with Gasteiger partial charge in [-0.1, -0.05) is 54.1 Å². The molecule has 0 amide bonds. The molecule has 1 atom stereocenters. The smallest absolute Gasteiger partial charge is 0.317 e. The molecular formula is C18H21NO2. The predicted molar refractivity (Wildman–Crippen MR) is 84.5 cm³/mol. The molecule has 0 aliphatic rings. The molecule has 2 aromatic rings. The molecule has 0 spiro atoms. The highest BCUT2D eigenvalue weighted by atomic mass is 16.4. The third kappa shape index (κ3) is 3.70.